The molecule has 7 heteroatoms. The Kier molecular flexibility index (Phi) is 4.28. The lowest BCUT2D eigenvalue weighted by Gasteiger charge is -2.15. The fraction of sp³-hybridized carbons (Fsp3) is 0.385. The minimum absolute atomic E-state index is 0.0627. The monoisotopic (exact) mass is 357 g/mol. The topological polar surface area (TPSA) is 38.2 Å². The van der Waals surface area contributed by atoms with Crippen molar-refractivity contribution in [1.82, 2.24) is 14.9 Å². The Morgan fingerprint density at radius 3 is 3.10 bits per heavy atom. The van der Waals surface area contributed by atoms with Crippen molar-refractivity contribution in [3.8, 4) is 5.88 Å². The Balaban J connectivity index is 1.54. The number of ether oxygens (including phenoxy) is 1. The van der Waals surface area contributed by atoms with E-state index in [-0.39, 0.29) is 6.10 Å². The van der Waals surface area contributed by atoms with Gasteiger partial charge in [-0.1, -0.05) is 6.07 Å². The predicted molar refractivity (Wildman–Crippen MR) is 78.3 cm³/mol. The van der Waals surface area contributed by atoms with Gasteiger partial charge in [0.15, 0.2) is 0 Å². The number of likely N-dealkylation sites (tertiary alicyclic amines) is 1. The van der Waals surface area contributed by atoms with E-state index in [2.05, 4.69) is 30.8 Å². The van der Waals surface area contributed by atoms with E-state index >= 15 is 0 Å². The van der Waals surface area contributed by atoms with Crippen LogP contribution < -0.4 is 4.74 Å². The van der Waals surface area contributed by atoms with Crippen molar-refractivity contribution in [3.63, 3.8) is 0 Å². The van der Waals surface area contributed by atoms with Crippen LogP contribution in [0.3, 0.4) is 0 Å². The number of rotatable bonds is 4. The molecule has 0 radical (unpaired) electrons. The highest BCUT2D eigenvalue weighted by Crippen LogP contribution is 2.21. The first-order valence-electron chi connectivity index (χ1n) is 6.30. The molecule has 1 aliphatic rings. The van der Waals surface area contributed by atoms with Crippen LogP contribution in [0, 0.1) is 5.95 Å². The van der Waals surface area contributed by atoms with Crippen LogP contribution in [0.4, 0.5) is 4.39 Å². The zero-order chi connectivity index (χ0) is 13.9. The summed E-state index contributed by atoms with van der Waals surface area (Å²) in [4.78, 5) is 10.4. The highest BCUT2D eigenvalue weighted by atomic mass is 79.9. The molecule has 1 saturated heterocycles. The second-order valence-electron chi connectivity index (χ2n) is 4.63. The van der Waals surface area contributed by atoms with Crippen LogP contribution in [0.2, 0.25) is 0 Å². The Labute approximate surface area is 128 Å². The van der Waals surface area contributed by atoms with Crippen molar-refractivity contribution in [3.05, 3.63) is 39.1 Å². The van der Waals surface area contributed by atoms with Crippen molar-refractivity contribution < 1.29 is 9.13 Å². The molecule has 0 aromatic carbocycles. The lowest BCUT2D eigenvalue weighted by atomic mass is 10.3. The number of pyridine rings is 1. The van der Waals surface area contributed by atoms with Crippen molar-refractivity contribution in [2.24, 2.45) is 0 Å². The van der Waals surface area contributed by atoms with E-state index in [0.29, 0.717) is 5.88 Å². The van der Waals surface area contributed by atoms with E-state index < -0.39 is 5.95 Å². The van der Waals surface area contributed by atoms with Gasteiger partial charge in [0.05, 0.1) is 6.54 Å². The molecule has 1 unspecified atom stereocenters. The van der Waals surface area contributed by atoms with Gasteiger partial charge in [-0.25, -0.2) is 4.98 Å². The molecule has 2 aromatic heterocycles. The second kappa shape index (κ2) is 6.15. The average Bonchev–Trinajstić information content (AvgIpc) is 3.00. The van der Waals surface area contributed by atoms with Crippen molar-refractivity contribution >= 4 is 27.3 Å². The molecule has 1 atom stereocenters. The summed E-state index contributed by atoms with van der Waals surface area (Å²) < 4.78 is 19.6. The Bertz CT molecular complexity index is 595. The first-order valence-corrected chi connectivity index (χ1v) is 7.98. The SMILES string of the molecule is Fc1cccc(OC2CCN(Cc3nc(Br)cs3)C2)n1. The van der Waals surface area contributed by atoms with Crippen LogP contribution >= 0.6 is 27.3 Å². The standard InChI is InChI=1S/C13H13BrFN3OS/c14-10-8-20-13(16-10)7-18-5-4-9(6-18)19-12-3-1-2-11(15)17-12/h1-3,8-9H,4-7H2. The Hall–Kier alpha value is -1.05. The van der Waals surface area contributed by atoms with E-state index in [0.717, 1.165) is 35.7 Å². The van der Waals surface area contributed by atoms with Crippen LogP contribution in [-0.4, -0.2) is 34.1 Å². The first kappa shape index (κ1) is 13.9. The maximum atomic E-state index is 13.0. The van der Waals surface area contributed by atoms with E-state index in [9.17, 15) is 4.39 Å². The van der Waals surface area contributed by atoms with Gasteiger partial charge in [-0.05, 0) is 28.4 Å². The van der Waals surface area contributed by atoms with E-state index in [1.807, 2.05) is 5.38 Å². The van der Waals surface area contributed by atoms with Gasteiger partial charge < -0.3 is 4.74 Å². The number of hydrogen-bond donors (Lipinski definition) is 0. The molecule has 0 bridgehead atoms. The maximum absolute atomic E-state index is 13.0. The number of nitrogens with zero attached hydrogens (tertiary/aromatic N) is 3. The molecule has 0 aliphatic carbocycles. The number of thiazole rings is 1. The summed E-state index contributed by atoms with van der Waals surface area (Å²) in [6.45, 7) is 2.60. The van der Waals surface area contributed by atoms with E-state index in [1.54, 1.807) is 23.5 Å². The smallest absolute Gasteiger partial charge is 0.216 e. The van der Waals surface area contributed by atoms with Gasteiger partial charge in [0, 0.05) is 24.5 Å². The van der Waals surface area contributed by atoms with Crippen LogP contribution in [0.25, 0.3) is 0 Å². The van der Waals surface area contributed by atoms with Gasteiger partial charge in [0.1, 0.15) is 15.7 Å². The lowest BCUT2D eigenvalue weighted by Crippen LogP contribution is -2.24. The molecule has 1 aliphatic heterocycles. The van der Waals surface area contributed by atoms with Crippen LogP contribution in [0.5, 0.6) is 5.88 Å². The molecular formula is C13H13BrFN3OS. The van der Waals surface area contributed by atoms with Crippen LogP contribution in [0.1, 0.15) is 11.4 Å². The molecular weight excluding hydrogens is 345 g/mol. The third-order valence-corrected chi connectivity index (χ3v) is 4.63. The van der Waals surface area contributed by atoms with Crippen molar-refractivity contribution in [2.45, 2.75) is 19.1 Å². The number of aromatic nitrogens is 2. The quantitative estimate of drug-likeness (QED) is 0.788. The molecule has 106 valence electrons. The van der Waals surface area contributed by atoms with Crippen LogP contribution in [-0.2, 0) is 6.54 Å². The summed E-state index contributed by atoms with van der Waals surface area (Å²) in [5.41, 5.74) is 0. The largest absolute Gasteiger partial charge is 0.473 e. The molecule has 0 N–H and O–H groups in total. The summed E-state index contributed by atoms with van der Waals surface area (Å²) in [6, 6.07) is 4.61. The van der Waals surface area contributed by atoms with Crippen molar-refractivity contribution in [2.75, 3.05) is 13.1 Å². The molecule has 0 amide bonds. The van der Waals surface area contributed by atoms with Gasteiger partial charge in [0.25, 0.3) is 0 Å². The van der Waals surface area contributed by atoms with Crippen molar-refractivity contribution in [1.29, 1.82) is 0 Å². The summed E-state index contributed by atoms with van der Waals surface area (Å²) in [5.74, 6) is -0.154. The van der Waals surface area contributed by atoms with Gasteiger partial charge in [-0.3, -0.25) is 4.90 Å². The fourth-order valence-electron chi connectivity index (χ4n) is 2.22. The zero-order valence-corrected chi connectivity index (χ0v) is 13.0. The second-order valence-corrected chi connectivity index (χ2v) is 6.38. The Morgan fingerprint density at radius 1 is 1.45 bits per heavy atom. The number of hydrogen-bond acceptors (Lipinski definition) is 5. The molecule has 0 saturated carbocycles. The highest BCUT2D eigenvalue weighted by molar-refractivity contribution is 9.10. The summed E-state index contributed by atoms with van der Waals surface area (Å²) in [7, 11) is 0. The average molecular weight is 358 g/mol. The van der Waals surface area contributed by atoms with Gasteiger partial charge in [-0.2, -0.15) is 9.37 Å². The fourth-order valence-corrected chi connectivity index (χ4v) is 3.52. The molecule has 0 spiro atoms. The molecule has 3 rings (SSSR count). The summed E-state index contributed by atoms with van der Waals surface area (Å²) >= 11 is 5.00. The minimum Gasteiger partial charge on any atom is -0.473 e. The van der Waals surface area contributed by atoms with E-state index in [1.165, 1.54) is 6.07 Å². The van der Waals surface area contributed by atoms with Gasteiger partial charge in [-0.15, -0.1) is 11.3 Å². The lowest BCUT2D eigenvalue weighted by molar-refractivity contribution is 0.189. The molecule has 3 heterocycles. The molecule has 2 aromatic rings. The van der Waals surface area contributed by atoms with E-state index in [4.69, 9.17) is 4.74 Å². The predicted octanol–water partition coefficient (Wildman–Crippen LogP) is 3.09. The summed E-state index contributed by atoms with van der Waals surface area (Å²) in [5, 5.41) is 3.07. The number of halogens is 2. The van der Waals surface area contributed by atoms with Gasteiger partial charge >= 0.3 is 0 Å². The molecule has 1 fully saturated rings. The van der Waals surface area contributed by atoms with Crippen LogP contribution in [0.15, 0.2) is 28.2 Å². The first-order chi connectivity index (χ1) is 9.69. The Morgan fingerprint density at radius 2 is 2.35 bits per heavy atom. The summed E-state index contributed by atoms with van der Waals surface area (Å²) in [6.07, 6.45) is 0.984. The third-order valence-electron chi connectivity index (χ3n) is 3.09. The molecule has 4 nitrogen and oxygen atoms in total. The maximum Gasteiger partial charge on any atom is 0.216 e. The highest BCUT2D eigenvalue weighted by Gasteiger charge is 2.25. The zero-order valence-electron chi connectivity index (χ0n) is 10.6. The van der Waals surface area contributed by atoms with Gasteiger partial charge in [0.2, 0.25) is 11.8 Å². The molecule has 20 heavy (non-hydrogen) atoms. The third kappa shape index (κ3) is 3.53. The normalized spacial score (nSPS) is 19.4. The minimum atomic E-state index is -0.509.